The van der Waals surface area contributed by atoms with Crippen LogP contribution in [0.4, 0.5) is 0 Å². The first kappa shape index (κ1) is 16.6. The lowest BCUT2D eigenvalue weighted by molar-refractivity contribution is -0.0135. The minimum atomic E-state index is -0.425. The van der Waals surface area contributed by atoms with E-state index in [-0.39, 0.29) is 6.10 Å². The first-order valence-electron chi connectivity index (χ1n) is 6.97. The van der Waals surface area contributed by atoms with Crippen molar-refractivity contribution < 1.29 is 9.84 Å². The zero-order valence-corrected chi connectivity index (χ0v) is 13.5. The molecule has 1 atom stereocenters. The highest BCUT2D eigenvalue weighted by atomic mass is 32.1. The van der Waals surface area contributed by atoms with E-state index in [9.17, 15) is 5.11 Å². The maximum absolute atomic E-state index is 10.0. The van der Waals surface area contributed by atoms with Crippen LogP contribution in [0, 0.1) is 6.92 Å². The summed E-state index contributed by atoms with van der Waals surface area (Å²) in [6.45, 7) is 12.4. The van der Waals surface area contributed by atoms with Crippen LogP contribution in [0.1, 0.15) is 37.4 Å². The number of thiophene rings is 1. The van der Waals surface area contributed by atoms with Crippen molar-refractivity contribution in [2.24, 2.45) is 0 Å². The van der Waals surface area contributed by atoms with Crippen molar-refractivity contribution in [2.75, 3.05) is 13.2 Å². The van der Waals surface area contributed by atoms with Gasteiger partial charge in [-0.1, -0.05) is 0 Å². The van der Waals surface area contributed by atoms with Crippen molar-refractivity contribution in [3.8, 4) is 0 Å². The second kappa shape index (κ2) is 8.00. The highest BCUT2D eigenvalue weighted by molar-refractivity contribution is 7.11. The number of hydrogen-bond acceptors (Lipinski definition) is 4. The van der Waals surface area contributed by atoms with Crippen LogP contribution in [0.15, 0.2) is 12.1 Å². The summed E-state index contributed by atoms with van der Waals surface area (Å²) >= 11 is 1.82. The molecule has 0 aromatic carbocycles. The lowest BCUT2D eigenvalue weighted by atomic mass is 10.2. The van der Waals surface area contributed by atoms with Crippen LogP contribution in [0.2, 0.25) is 0 Å². The van der Waals surface area contributed by atoms with Gasteiger partial charge in [0.25, 0.3) is 0 Å². The Bertz CT molecular complexity index is 363. The standard InChI is InChI=1S/C15H27NO2S/c1-11(2)16(8-14(17)10-18-12(3)4)9-15-7-6-13(5)19-15/h6-7,11-12,14,17H,8-10H2,1-5H3. The molecule has 0 aliphatic carbocycles. The quantitative estimate of drug-likeness (QED) is 0.797. The second-order valence-corrected chi connectivity index (χ2v) is 6.94. The number of aliphatic hydroxyl groups is 1. The number of nitrogens with zero attached hydrogens (tertiary/aromatic N) is 1. The summed E-state index contributed by atoms with van der Waals surface area (Å²) in [7, 11) is 0. The van der Waals surface area contributed by atoms with Gasteiger partial charge in [0.2, 0.25) is 0 Å². The summed E-state index contributed by atoms with van der Waals surface area (Å²) in [5.74, 6) is 0. The molecule has 3 nitrogen and oxygen atoms in total. The van der Waals surface area contributed by atoms with Gasteiger partial charge in [-0.3, -0.25) is 4.90 Å². The Hall–Kier alpha value is -0.420. The van der Waals surface area contributed by atoms with Crippen LogP contribution < -0.4 is 0 Å². The van der Waals surface area contributed by atoms with Gasteiger partial charge in [-0.05, 0) is 46.8 Å². The van der Waals surface area contributed by atoms with Crippen molar-refractivity contribution in [1.29, 1.82) is 0 Å². The van der Waals surface area contributed by atoms with Gasteiger partial charge in [-0.2, -0.15) is 0 Å². The number of ether oxygens (including phenoxy) is 1. The fourth-order valence-corrected chi connectivity index (χ4v) is 2.77. The number of aryl methyl sites for hydroxylation is 1. The molecule has 1 heterocycles. The second-order valence-electron chi connectivity index (χ2n) is 5.57. The Balaban J connectivity index is 2.48. The van der Waals surface area contributed by atoms with Gasteiger partial charge in [0.15, 0.2) is 0 Å². The van der Waals surface area contributed by atoms with Crippen LogP contribution in [0.5, 0.6) is 0 Å². The summed E-state index contributed by atoms with van der Waals surface area (Å²) in [6.07, 6.45) is -0.257. The van der Waals surface area contributed by atoms with E-state index in [1.54, 1.807) is 0 Å². The van der Waals surface area contributed by atoms with E-state index in [0.717, 1.165) is 6.54 Å². The van der Waals surface area contributed by atoms with Crippen molar-refractivity contribution in [3.63, 3.8) is 0 Å². The first-order valence-corrected chi connectivity index (χ1v) is 7.79. The van der Waals surface area contributed by atoms with E-state index in [0.29, 0.717) is 19.2 Å². The van der Waals surface area contributed by atoms with Crippen molar-refractivity contribution in [1.82, 2.24) is 4.90 Å². The molecule has 19 heavy (non-hydrogen) atoms. The van der Waals surface area contributed by atoms with E-state index in [2.05, 4.69) is 37.8 Å². The van der Waals surface area contributed by atoms with Crippen molar-refractivity contribution >= 4 is 11.3 Å². The summed E-state index contributed by atoms with van der Waals surface area (Å²) in [6, 6.07) is 4.74. The Morgan fingerprint density at radius 3 is 2.42 bits per heavy atom. The monoisotopic (exact) mass is 285 g/mol. The molecule has 1 N–H and O–H groups in total. The van der Waals surface area contributed by atoms with Gasteiger partial charge in [-0.25, -0.2) is 0 Å². The molecule has 0 bridgehead atoms. The van der Waals surface area contributed by atoms with Crippen LogP contribution in [0.25, 0.3) is 0 Å². The van der Waals surface area contributed by atoms with Gasteiger partial charge in [0.1, 0.15) is 0 Å². The normalized spacial score (nSPS) is 13.7. The van der Waals surface area contributed by atoms with Crippen LogP contribution in [-0.2, 0) is 11.3 Å². The fourth-order valence-electron chi connectivity index (χ4n) is 1.86. The summed E-state index contributed by atoms with van der Waals surface area (Å²) in [5, 5.41) is 10.0. The molecule has 0 amide bonds. The molecule has 1 unspecified atom stereocenters. The average molecular weight is 285 g/mol. The molecule has 0 aliphatic rings. The molecule has 0 saturated carbocycles. The molecule has 0 fully saturated rings. The molecule has 1 rings (SSSR count). The largest absolute Gasteiger partial charge is 0.389 e. The summed E-state index contributed by atoms with van der Waals surface area (Å²) in [5.41, 5.74) is 0. The summed E-state index contributed by atoms with van der Waals surface area (Å²) < 4.78 is 5.46. The highest BCUT2D eigenvalue weighted by Gasteiger charge is 2.16. The predicted octanol–water partition coefficient (Wildman–Crippen LogP) is 3.05. The third-order valence-corrected chi connectivity index (χ3v) is 3.94. The fraction of sp³-hybridized carbons (Fsp3) is 0.733. The SMILES string of the molecule is Cc1ccc(CN(CC(O)COC(C)C)C(C)C)s1. The predicted molar refractivity (Wildman–Crippen MR) is 81.7 cm³/mol. The Morgan fingerprint density at radius 2 is 1.95 bits per heavy atom. The maximum Gasteiger partial charge on any atom is 0.0900 e. The molecule has 1 aromatic heterocycles. The van der Waals surface area contributed by atoms with E-state index in [1.807, 2.05) is 25.2 Å². The molecule has 0 saturated heterocycles. The lowest BCUT2D eigenvalue weighted by Gasteiger charge is -2.28. The Kier molecular flexibility index (Phi) is 7.00. The lowest BCUT2D eigenvalue weighted by Crippen LogP contribution is -2.39. The van der Waals surface area contributed by atoms with E-state index in [1.165, 1.54) is 9.75 Å². The smallest absolute Gasteiger partial charge is 0.0900 e. The first-order chi connectivity index (χ1) is 8.88. The Morgan fingerprint density at radius 1 is 1.26 bits per heavy atom. The number of hydrogen-bond donors (Lipinski definition) is 1. The van der Waals surface area contributed by atoms with Gasteiger partial charge in [0, 0.05) is 28.9 Å². The molecule has 4 heteroatoms. The van der Waals surface area contributed by atoms with E-state index < -0.39 is 6.10 Å². The molecule has 110 valence electrons. The van der Waals surface area contributed by atoms with Crippen molar-refractivity contribution in [3.05, 3.63) is 21.9 Å². The number of aliphatic hydroxyl groups excluding tert-OH is 1. The zero-order valence-electron chi connectivity index (χ0n) is 12.7. The maximum atomic E-state index is 10.0. The molecule has 0 aliphatic heterocycles. The van der Waals surface area contributed by atoms with E-state index >= 15 is 0 Å². The van der Waals surface area contributed by atoms with Gasteiger partial charge in [0.05, 0.1) is 18.8 Å². The minimum Gasteiger partial charge on any atom is -0.389 e. The minimum absolute atomic E-state index is 0.169. The topological polar surface area (TPSA) is 32.7 Å². The molecule has 0 spiro atoms. The zero-order chi connectivity index (χ0) is 14.4. The molecular formula is C15H27NO2S. The van der Waals surface area contributed by atoms with Gasteiger partial charge < -0.3 is 9.84 Å². The van der Waals surface area contributed by atoms with Crippen LogP contribution in [-0.4, -0.2) is 41.4 Å². The van der Waals surface area contributed by atoms with Gasteiger partial charge >= 0.3 is 0 Å². The molecular weight excluding hydrogens is 258 g/mol. The van der Waals surface area contributed by atoms with Crippen LogP contribution >= 0.6 is 11.3 Å². The molecule has 1 aromatic rings. The summed E-state index contributed by atoms with van der Waals surface area (Å²) in [4.78, 5) is 4.98. The number of rotatable bonds is 8. The highest BCUT2D eigenvalue weighted by Crippen LogP contribution is 2.18. The van der Waals surface area contributed by atoms with Gasteiger partial charge in [-0.15, -0.1) is 11.3 Å². The average Bonchev–Trinajstić information content (AvgIpc) is 2.71. The van der Waals surface area contributed by atoms with E-state index in [4.69, 9.17) is 4.74 Å². The molecule has 0 radical (unpaired) electrons. The third kappa shape index (κ3) is 6.52. The Labute approximate surface area is 121 Å². The van der Waals surface area contributed by atoms with Crippen molar-refractivity contribution in [2.45, 2.75) is 59.4 Å². The third-order valence-electron chi connectivity index (χ3n) is 2.95. The van der Waals surface area contributed by atoms with Crippen LogP contribution in [0.3, 0.4) is 0 Å².